The molecule has 0 aliphatic rings. The third-order valence-electron chi connectivity index (χ3n) is 0.963. The fourth-order valence-corrected chi connectivity index (χ4v) is 0.737. The average Bonchev–Trinajstić information content (AvgIpc) is 1.84. The molecular formula is C4H11ClO3Si. The van der Waals surface area contributed by atoms with E-state index in [-0.39, 0.29) is 6.42 Å². The van der Waals surface area contributed by atoms with Gasteiger partial charge in [0.05, 0.1) is 0 Å². The van der Waals surface area contributed by atoms with Crippen molar-refractivity contribution in [2.75, 3.05) is 5.88 Å². The van der Waals surface area contributed by atoms with E-state index >= 15 is 0 Å². The lowest BCUT2D eigenvalue weighted by atomic mass is 10.3. The zero-order chi connectivity index (χ0) is 7.33. The number of aliphatic hydroxyl groups is 2. The highest BCUT2D eigenvalue weighted by molar-refractivity contribution is 6.17. The standard InChI is InChI=1S/C4H11ClO3Si/c5-3-1-2-4(6,7)8-9/h6-7H,1-3H2,9H3. The molecule has 56 valence electrons. The van der Waals surface area contributed by atoms with E-state index in [1.807, 2.05) is 0 Å². The molecule has 5 heteroatoms. The Morgan fingerprint density at radius 3 is 2.44 bits per heavy atom. The summed E-state index contributed by atoms with van der Waals surface area (Å²) in [5.74, 6) is -1.51. The average molecular weight is 171 g/mol. The molecule has 9 heavy (non-hydrogen) atoms. The van der Waals surface area contributed by atoms with Gasteiger partial charge in [0.1, 0.15) is 0 Å². The smallest absolute Gasteiger partial charge is 0.267 e. The van der Waals surface area contributed by atoms with Crippen LogP contribution in [0.3, 0.4) is 0 Å². The normalized spacial score (nSPS) is 12.3. The molecule has 0 fully saturated rings. The first kappa shape index (κ1) is 9.39. The summed E-state index contributed by atoms with van der Waals surface area (Å²) in [4.78, 5) is 0. The Balaban J connectivity index is 3.33. The highest BCUT2D eigenvalue weighted by Crippen LogP contribution is 2.08. The second kappa shape index (κ2) is 4.24. The lowest BCUT2D eigenvalue weighted by molar-refractivity contribution is -0.294. The minimum Gasteiger partial charge on any atom is -0.381 e. The van der Waals surface area contributed by atoms with Crippen LogP contribution in [0.4, 0.5) is 0 Å². The summed E-state index contributed by atoms with van der Waals surface area (Å²) in [7, 11) is 0.321. The number of rotatable bonds is 4. The molecule has 2 N–H and O–H groups in total. The van der Waals surface area contributed by atoms with Crippen LogP contribution >= 0.6 is 11.6 Å². The van der Waals surface area contributed by atoms with Gasteiger partial charge in [0.2, 0.25) is 0 Å². The van der Waals surface area contributed by atoms with Crippen LogP contribution < -0.4 is 0 Å². The van der Waals surface area contributed by atoms with Crippen molar-refractivity contribution in [1.29, 1.82) is 0 Å². The Bertz CT molecular complexity index is 78.2. The maximum Gasteiger partial charge on any atom is 0.267 e. The molecule has 0 atom stereocenters. The van der Waals surface area contributed by atoms with Gasteiger partial charge in [0.25, 0.3) is 5.97 Å². The Morgan fingerprint density at radius 2 is 2.11 bits per heavy atom. The summed E-state index contributed by atoms with van der Waals surface area (Å²) in [5.41, 5.74) is 0. The van der Waals surface area contributed by atoms with Crippen LogP contribution in [-0.4, -0.2) is 32.6 Å². The van der Waals surface area contributed by atoms with Crippen molar-refractivity contribution in [2.45, 2.75) is 18.8 Å². The lowest BCUT2D eigenvalue weighted by Crippen LogP contribution is -2.30. The molecule has 0 spiro atoms. The monoisotopic (exact) mass is 170 g/mol. The van der Waals surface area contributed by atoms with Gasteiger partial charge in [-0.3, -0.25) is 0 Å². The van der Waals surface area contributed by atoms with Crippen molar-refractivity contribution in [3.05, 3.63) is 0 Å². The molecule has 0 amide bonds. The van der Waals surface area contributed by atoms with Crippen LogP contribution in [0.5, 0.6) is 0 Å². The predicted molar refractivity (Wildman–Crippen MR) is 38.1 cm³/mol. The SMILES string of the molecule is OC(O)(CCCCl)O[SiH3]. The lowest BCUT2D eigenvalue weighted by Gasteiger charge is -2.18. The minimum atomic E-state index is -1.93. The van der Waals surface area contributed by atoms with Crippen LogP contribution in [0.25, 0.3) is 0 Å². The molecule has 0 radical (unpaired) electrons. The summed E-state index contributed by atoms with van der Waals surface area (Å²) < 4.78 is 4.43. The van der Waals surface area contributed by atoms with Crippen molar-refractivity contribution in [3.8, 4) is 0 Å². The first-order valence-electron chi connectivity index (χ1n) is 2.68. The van der Waals surface area contributed by atoms with E-state index < -0.39 is 5.97 Å². The van der Waals surface area contributed by atoms with Crippen LogP contribution in [0, 0.1) is 0 Å². The van der Waals surface area contributed by atoms with Crippen molar-refractivity contribution < 1.29 is 14.6 Å². The van der Waals surface area contributed by atoms with Gasteiger partial charge in [-0.1, -0.05) is 0 Å². The fourth-order valence-electron chi connectivity index (χ4n) is 0.399. The molecule has 0 aromatic heterocycles. The summed E-state index contributed by atoms with van der Waals surface area (Å²) in [6, 6.07) is 0. The minimum absolute atomic E-state index is 0.181. The Morgan fingerprint density at radius 1 is 1.56 bits per heavy atom. The van der Waals surface area contributed by atoms with E-state index in [0.717, 1.165) is 0 Å². The maximum atomic E-state index is 8.76. The zero-order valence-electron chi connectivity index (χ0n) is 5.30. The van der Waals surface area contributed by atoms with Gasteiger partial charge < -0.3 is 14.6 Å². The molecule has 3 nitrogen and oxygen atoms in total. The van der Waals surface area contributed by atoms with Crippen molar-refractivity contribution in [1.82, 2.24) is 0 Å². The molecule has 0 bridgehead atoms. The summed E-state index contributed by atoms with van der Waals surface area (Å²) >= 11 is 5.30. The second-order valence-corrected chi connectivity index (χ2v) is 2.53. The van der Waals surface area contributed by atoms with E-state index in [2.05, 4.69) is 4.43 Å². The van der Waals surface area contributed by atoms with E-state index in [4.69, 9.17) is 21.8 Å². The van der Waals surface area contributed by atoms with Gasteiger partial charge >= 0.3 is 0 Å². The molecular weight excluding hydrogens is 160 g/mol. The van der Waals surface area contributed by atoms with Crippen LogP contribution in [-0.2, 0) is 4.43 Å². The molecule has 0 saturated heterocycles. The quantitative estimate of drug-likeness (QED) is 0.321. The van der Waals surface area contributed by atoms with Gasteiger partial charge in [-0.05, 0) is 6.42 Å². The van der Waals surface area contributed by atoms with Gasteiger partial charge in [0, 0.05) is 12.3 Å². The number of hydrogen-bond donors (Lipinski definition) is 2. The fraction of sp³-hybridized carbons (Fsp3) is 1.00. The van der Waals surface area contributed by atoms with Gasteiger partial charge in [0.15, 0.2) is 10.5 Å². The number of halogens is 1. The van der Waals surface area contributed by atoms with E-state index in [0.29, 0.717) is 22.8 Å². The second-order valence-electron chi connectivity index (χ2n) is 1.74. The van der Waals surface area contributed by atoms with Crippen LogP contribution in [0.15, 0.2) is 0 Å². The highest BCUT2D eigenvalue weighted by atomic mass is 35.5. The van der Waals surface area contributed by atoms with E-state index in [1.165, 1.54) is 0 Å². The van der Waals surface area contributed by atoms with Crippen LogP contribution in [0.2, 0.25) is 0 Å². The van der Waals surface area contributed by atoms with Crippen molar-refractivity contribution in [2.24, 2.45) is 0 Å². The molecule has 0 aliphatic heterocycles. The van der Waals surface area contributed by atoms with Crippen LogP contribution in [0.1, 0.15) is 12.8 Å². The maximum absolute atomic E-state index is 8.76. The van der Waals surface area contributed by atoms with Crippen molar-refractivity contribution >= 4 is 22.1 Å². The third-order valence-corrected chi connectivity index (χ3v) is 1.88. The molecule has 0 heterocycles. The Kier molecular flexibility index (Phi) is 4.42. The zero-order valence-corrected chi connectivity index (χ0v) is 8.06. The van der Waals surface area contributed by atoms with Gasteiger partial charge in [-0.25, -0.2) is 0 Å². The third kappa shape index (κ3) is 4.86. The highest BCUT2D eigenvalue weighted by Gasteiger charge is 2.19. The molecule has 0 aromatic carbocycles. The molecule has 0 aliphatic carbocycles. The molecule has 0 rings (SSSR count). The largest absolute Gasteiger partial charge is 0.381 e. The first-order chi connectivity index (χ1) is 4.12. The van der Waals surface area contributed by atoms with E-state index in [1.54, 1.807) is 0 Å². The molecule has 0 aromatic rings. The Hall–Kier alpha value is 0.387. The topological polar surface area (TPSA) is 49.7 Å². The first-order valence-corrected chi connectivity index (χ1v) is 4.03. The summed E-state index contributed by atoms with van der Waals surface area (Å²) in [6.45, 7) is 0. The van der Waals surface area contributed by atoms with Crippen molar-refractivity contribution in [3.63, 3.8) is 0 Å². The predicted octanol–water partition coefficient (Wildman–Crippen LogP) is -1.06. The molecule has 0 unspecified atom stereocenters. The Labute approximate surface area is 62.1 Å². The number of alkyl halides is 1. The summed E-state index contributed by atoms with van der Waals surface area (Å²) in [5, 5.41) is 17.5. The summed E-state index contributed by atoms with van der Waals surface area (Å²) in [6.07, 6.45) is 0.733. The van der Waals surface area contributed by atoms with Gasteiger partial charge in [-0.2, -0.15) is 0 Å². The number of hydrogen-bond acceptors (Lipinski definition) is 3. The van der Waals surface area contributed by atoms with E-state index in [9.17, 15) is 0 Å². The molecule has 0 saturated carbocycles. The van der Waals surface area contributed by atoms with Gasteiger partial charge in [-0.15, -0.1) is 11.6 Å².